The number of fused-ring (bicyclic) bond motifs is 2. The molecular weight excluding hydrogens is 375 g/mol. The van der Waals surface area contributed by atoms with Crippen LogP contribution in [0.3, 0.4) is 0 Å². The van der Waals surface area contributed by atoms with Crippen molar-refractivity contribution < 1.29 is 19.0 Å². The maximum atomic E-state index is 13.2. The fourth-order valence-electron chi connectivity index (χ4n) is 7.51. The van der Waals surface area contributed by atoms with E-state index in [-0.39, 0.29) is 17.4 Å². The van der Waals surface area contributed by atoms with Gasteiger partial charge in [-0.15, -0.1) is 0 Å². The van der Waals surface area contributed by atoms with Crippen molar-refractivity contribution in [2.45, 2.75) is 42.9 Å². The number of piperidine rings is 2. The van der Waals surface area contributed by atoms with Crippen LogP contribution in [0.25, 0.3) is 0 Å². The Kier molecular flexibility index (Phi) is 3.68. The topological polar surface area (TPSA) is 70.1 Å². The van der Waals surface area contributed by atoms with E-state index >= 15 is 0 Å². The molecule has 1 aliphatic carbocycles. The molecule has 6 aliphatic rings. The number of para-hydroxylation sites is 1. The van der Waals surface area contributed by atoms with E-state index in [0.29, 0.717) is 36.9 Å². The SMILES string of the molecule is O=C1C[C@@H]2OCC=C3CN4CC[C@]56c7ccccc7N1[C@H]5[C@H]2[C@H]3C[C@H]46.O=[PH+]O. The third kappa shape index (κ3) is 1.92. The van der Waals surface area contributed by atoms with Crippen molar-refractivity contribution in [2.24, 2.45) is 11.8 Å². The molecular formula is C21H24N2O4P+. The van der Waals surface area contributed by atoms with E-state index in [1.54, 1.807) is 5.57 Å². The number of hydrogen-bond acceptors (Lipinski definition) is 4. The van der Waals surface area contributed by atoms with Crippen molar-refractivity contribution in [1.82, 2.24) is 4.90 Å². The predicted molar refractivity (Wildman–Crippen MR) is 105 cm³/mol. The number of anilines is 1. The third-order valence-electron chi connectivity index (χ3n) is 8.22. The van der Waals surface area contributed by atoms with Gasteiger partial charge in [0.25, 0.3) is 0 Å². The molecule has 1 unspecified atom stereocenters. The lowest BCUT2D eigenvalue weighted by Crippen LogP contribution is -2.69. The number of rotatable bonds is 0. The monoisotopic (exact) mass is 399 g/mol. The van der Waals surface area contributed by atoms with Crippen molar-refractivity contribution >= 4 is 20.3 Å². The van der Waals surface area contributed by atoms with E-state index in [9.17, 15) is 4.79 Å². The summed E-state index contributed by atoms with van der Waals surface area (Å²) in [5, 5.41) is 0. The fraction of sp³-hybridized carbons (Fsp3) is 0.571. The Balaban J connectivity index is 0.000000491. The molecule has 0 radical (unpaired) electrons. The van der Waals surface area contributed by atoms with Crippen LogP contribution >= 0.6 is 8.69 Å². The van der Waals surface area contributed by atoms with Crippen LogP contribution in [0.1, 0.15) is 24.8 Å². The lowest BCUT2D eigenvalue weighted by atomic mass is 9.53. The summed E-state index contributed by atoms with van der Waals surface area (Å²) in [7, 11) is -1.17. The van der Waals surface area contributed by atoms with Gasteiger partial charge in [-0.2, -0.15) is 4.89 Å². The molecule has 7 heteroatoms. The highest BCUT2D eigenvalue weighted by Gasteiger charge is 2.70. The Hall–Kier alpha value is -1.59. The molecule has 7 atom stereocenters. The molecule has 6 nitrogen and oxygen atoms in total. The first-order chi connectivity index (χ1) is 13.7. The Bertz CT molecular complexity index is 904. The van der Waals surface area contributed by atoms with Gasteiger partial charge >= 0.3 is 8.69 Å². The lowest BCUT2D eigenvalue weighted by molar-refractivity contribution is -0.132. The highest BCUT2D eigenvalue weighted by molar-refractivity contribution is 7.16. The molecule has 1 N–H and O–H groups in total. The van der Waals surface area contributed by atoms with E-state index in [1.165, 1.54) is 30.6 Å². The van der Waals surface area contributed by atoms with Crippen molar-refractivity contribution in [3.63, 3.8) is 0 Å². The van der Waals surface area contributed by atoms with Gasteiger partial charge in [-0.25, -0.2) is 0 Å². The standard InChI is InChI=1S/C21H22N2O2.HO2P/c24-18-10-16-19-13-9-17-21(6-7-22(17)11-12(13)5-8-25-16)14-3-1-2-4-15(14)23(18)20(19)21;1-3-2/h1-5,13,16-17,19-20H,6-11H2;3H/p+1/t13-,16-,17-,19-,20-,21+;/m0./s1. The maximum Gasteiger partial charge on any atom is 0.491 e. The van der Waals surface area contributed by atoms with Crippen molar-refractivity contribution in [3.05, 3.63) is 41.5 Å². The summed E-state index contributed by atoms with van der Waals surface area (Å²) in [5.41, 5.74) is 4.35. The first kappa shape index (κ1) is 17.3. The van der Waals surface area contributed by atoms with Gasteiger partial charge in [0.2, 0.25) is 5.91 Å². The van der Waals surface area contributed by atoms with Gasteiger partial charge in [0, 0.05) is 29.6 Å². The van der Waals surface area contributed by atoms with Crippen LogP contribution < -0.4 is 4.90 Å². The second kappa shape index (κ2) is 5.96. The minimum absolute atomic E-state index is 0.104. The number of amides is 1. The van der Waals surface area contributed by atoms with E-state index in [4.69, 9.17) is 14.2 Å². The highest BCUT2D eigenvalue weighted by Crippen LogP contribution is 2.65. The summed E-state index contributed by atoms with van der Waals surface area (Å²) in [6, 6.07) is 9.64. The molecule has 146 valence electrons. The minimum Gasteiger partial charge on any atom is -0.373 e. The number of nitrogens with zero attached hydrogens (tertiary/aromatic N) is 2. The number of benzene rings is 1. The fourth-order valence-corrected chi connectivity index (χ4v) is 7.51. The van der Waals surface area contributed by atoms with Gasteiger partial charge < -0.3 is 9.64 Å². The average Bonchev–Trinajstić information content (AvgIpc) is 3.17. The minimum atomic E-state index is -1.17. The summed E-state index contributed by atoms with van der Waals surface area (Å²) in [6.45, 7) is 2.97. The molecule has 28 heavy (non-hydrogen) atoms. The number of ether oxygens (including phenoxy) is 1. The summed E-state index contributed by atoms with van der Waals surface area (Å²) in [4.78, 5) is 25.1. The van der Waals surface area contributed by atoms with Crippen LogP contribution in [0.15, 0.2) is 35.9 Å². The number of carbonyl (C=O) groups excluding carboxylic acids is 1. The maximum absolute atomic E-state index is 13.2. The zero-order chi connectivity index (χ0) is 19.0. The first-order valence-electron chi connectivity index (χ1n) is 10.2. The van der Waals surface area contributed by atoms with Crippen LogP contribution in [0.4, 0.5) is 5.69 Å². The zero-order valence-corrected chi connectivity index (χ0v) is 16.6. The normalized spacial score (nSPS) is 41.8. The average molecular weight is 399 g/mol. The lowest BCUT2D eigenvalue weighted by Gasteiger charge is -2.58. The highest BCUT2D eigenvalue weighted by atomic mass is 31.1. The largest absolute Gasteiger partial charge is 0.491 e. The number of carbonyl (C=O) groups is 1. The molecule has 1 aromatic carbocycles. The van der Waals surface area contributed by atoms with Crippen LogP contribution in [0.2, 0.25) is 0 Å². The third-order valence-corrected chi connectivity index (χ3v) is 8.22. The van der Waals surface area contributed by atoms with Crippen molar-refractivity contribution in [2.75, 3.05) is 24.6 Å². The molecule has 5 aliphatic heterocycles. The molecule has 1 amide bonds. The molecule has 7 rings (SSSR count). The van der Waals surface area contributed by atoms with Gasteiger partial charge in [-0.1, -0.05) is 29.8 Å². The number of hydrogen-bond donors (Lipinski definition) is 1. The molecule has 2 bridgehead atoms. The van der Waals surface area contributed by atoms with Gasteiger partial charge in [0.15, 0.2) is 0 Å². The summed E-state index contributed by atoms with van der Waals surface area (Å²) < 4.78 is 14.8. The van der Waals surface area contributed by atoms with Gasteiger partial charge in [0.05, 0.1) is 25.2 Å². The van der Waals surface area contributed by atoms with Gasteiger partial charge in [-0.05, 0) is 41.5 Å². The summed E-state index contributed by atoms with van der Waals surface area (Å²) in [6.07, 6.45) is 5.43. The Morgan fingerprint density at radius 1 is 1.29 bits per heavy atom. The van der Waals surface area contributed by atoms with Crippen LogP contribution in [0.5, 0.6) is 0 Å². The van der Waals surface area contributed by atoms with Crippen LogP contribution in [-0.4, -0.2) is 53.6 Å². The predicted octanol–water partition coefficient (Wildman–Crippen LogP) is 2.01. The smallest absolute Gasteiger partial charge is 0.373 e. The van der Waals surface area contributed by atoms with E-state index in [2.05, 4.69) is 40.1 Å². The molecule has 1 spiro atoms. The Morgan fingerprint density at radius 3 is 2.96 bits per heavy atom. The Labute approximate surface area is 165 Å². The van der Waals surface area contributed by atoms with E-state index in [1.807, 2.05) is 0 Å². The Morgan fingerprint density at radius 2 is 2.11 bits per heavy atom. The molecule has 1 aromatic rings. The summed E-state index contributed by atoms with van der Waals surface area (Å²) in [5.74, 6) is 1.35. The van der Waals surface area contributed by atoms with Gasteiger partial charge in [-0.3, -0.25) is 9.69 Å². The van der Waals surface area contributed by atoms with E-state index < -0.39 is 8.69 Å². The second-order valence-corrected chi connectivity index (χ2v) is 9.05. The van der Waals surface area contributed by atoms with Gasteiger partial charge in [0.1, 0.15) is 0 Å². The van der Waals surface area contributed by atoms with E-state index in [0.717, 1.165) is 6.54 Å². The van der Waals surface area contributed by atoms with Crippen molar-refractivity contribution in [1.29, 1.82) is 0 Å². The molecule has 5 heterocycles. The second-order valence-electron chi connectivity index (χ2n) is 8.87. The molecule has 1 saturated carbocycles. The first-order valence-corrected chi connectivity index (χ1v) is 11.0. The zero-order valence-electron chi connectivity index (χ0n) is 15.6. The quantitative estimate of drug-likeness (QED) is 0.534. The summed E-state index contributed by atoms with van der Waals surface area (Å²) >= 11 is 0. The molecule has 3 saturated heterocycles. The van der Waals surface area contributed by atoms with Crippen molar-refractivity contribution in [3.8, 4) is 0 Å². The van der Waals surface area contributed by atoms with Crippen LogP contribution in [0, 0.1) is 11.8 Å². The molecule has 4 fully saturated rings. The molecule has 0 aromatic heterocycles. The van der Waals surface area contributed by atoms with Crippen LogP contribution in [-0.2, 0) is 19.5 Å².